The van der Waals surface area contributed by atoms with Crippen LogP contribution in [-0.2, 0) is 29.2 Å². The SMILES string of the molecule is CCC(C)(C)c1ccc(I(OS(=O)(=O)Oc2ccc(C(C)(C)C)cc2)c2ccc(C(C)(C)CC)cc2)cc1. The first-order chi connectivity index (χ1) is 17.6. The number of benzene rings is 3. The zero-order valence-corrected chi connectivity index (χ0v) is 27.2. The summed E-state index contributed by atoms with van der Waals surface area (Å²) in [5.41, 5.74) is 3.58. The van der Waals surface area contributed by atoms with Crippen molar-refractivity contribution in [2.75, 3.05) is 0 Å². The van der Waals surface area contributed by atoms with Crippen molar-refractivity contribution >= 4 is 30.6 Å². The molecule has 0 spiro atoms. The van der Waals surface area contributed by atoms with Gasteiger partial charge in [-0.25, -0.2) is 0 Å². The van der Waals surface area contributed by atoms with Crippen molar-refractivity contribution in [2.24, 2.45) is 0 Å². The van der Waals surface area contributed by atoms with Crippen LogP contribution in [0.1, 0.15) is 91.8 Å². The van der Waals surface area contributed by atoms with Crippen LogP contribution in [0.2, 0.25) is 0 Å². The normalized spacial score (nSPS) is 13.3. The van der Waals surface area contributed by atoms with E-state index in [0.717, 1.165) is 25.5 Å². The Balaban J connectivity index is 1.95. The third-order valence-corrected chi connectivity index (χ3v) is 14.3. The second-order valence-electron chi connectivity index (χ2n) is 12.1. The predicted molar refractivity (Wildman–Crippen MR) is 167 cm³/mol. The summed E-state index contributed by atoms with van der Waals surface area (Å²) in [6.07, 6.45) is 2.02. The van der Waals surface area contributed by atoms with Gasteiger partial charge >= 0.3 is 240 Å². The van der Waals surface area contributed by atoms with Crippen molar-refractivity contribution in [1.82, 2.24) is 0 Å². The first-order valence-corrected chi connectivity index (χ1v) is 17.6. The van der Waals surface area contributed by atoms with E-state index in [1.807, 2.05) is 36.4 Å². The van der Waals surface area contributed by atoms with E-state index in [2.05, 4.69) is 86.6 Å². The van der Waals surface area contributed by atoms with Crippen LogP contribution in [0, 0.1) is 7.14 Å². The summed E-state index contributed by atoms with van der Waals surface area (Å²) in [4.78, 5) is 0. The second-order valence-corrected chi connectivity index (χ2v) is 18.2. The van der Waals surface area contributed by atoms with Gasteiger partial charge in [0.2, 0.25) is 0 Å². The van der Waals surface area contributed by atoms with Gasteiger partial charge < -0.3 is 0 Å². The Morgan fingerprint density at radius 1 is 0.605 bits per heavy atom. The van der Waals surface area contributed by atoms with Crippen molar-refractivity contribution in [1.29, 1.82) is 0 Å². The van der Waals surface area contributed by atoms with Crippen LogP contribution in [0.3, 0.4) is 0 Å². The summed E-state index contributed by atoms with van der Waals surface area (Å²) in [5.74, 6) is 0.244. The number of halogens is 1. The molecule has 0 heterocycles. The van der Waals surface area contributed by atoms with Crippen molar-refractivity contribution in [2.45, 2.75) is 91.4 Å². The molecule has 0 bridgehead atoms. The van der Waals surface area contributed by atoms with Gasteiger partial charge in [0.25, 0.3) is 0 Å². The molecule has 0 radical (unpaired) electrons. The zero-order chi connectivity index (χ0) is 28.4. The van der Waals surface area contributed by atoms with Crippen molar-refractivity contribution in [3.05, 3.63) is 96.6 Å². The van der Waals surface area contributed by atoms with E-state index in [9.17, 15) is 8.42 Å². The Morgan fingerprint density at radius 3 is 1.32 bits per heavy atom. The van der Waals surface area contributed by atoms with E-state index in [1.54, 1.807) is 12.1 Å². The molecule has 0 aliphatic rings. The molecule has 3 aromatic rings. The monoisotopic (exact) mass is 650 g/mol. The van der Waals surface area contributed by atoms with E-state index in [0.29, 0.717) is 0 Å². The van der Waals surface area contributed by atoms with Gasteiger partial charge in [-0.15, -0.1) is 0 Å². The van der Waals surface area contributed by atoms with Crippen LogP contribution in [0.15, 0.2) is 72.8 Å². The maximum atomic E-state index is 13.2. The molecule has 3 rings (SSSR count). The molecule has 0 N–H and O–H groups in total. The fraction of sp³-hybridized carbons (Fsp3) is 0.438. The third-order valence-electron chi connectivity index (χ3n) is 7.47. The molecule has 0 amide bonds. The first kappa shape index (κ1) is 30.6. The molecular formula is C32H43IO4S. The molecule has 0 unspecified atom stereocenters. The van der Waals surface area contributed by atoms with Crippen molar-refractivity contribution in [3.8, 4) is 5.75 Å². The van der Waals surface area contributed by atoms with E-state index in [4.69, 9.17) is 6.70 Å². The Labute approximate surface area is 238 Å². The fourth-order valence-corrected chi connectivity index (χ4v) is 10.1. The molecular weight excluding hydrogens is 607 g/mol. The van der Waals surface area contributed by atoms with Crippen LogP contribution >= 0.6 is 20.2 Å². The van der Waals surface area contributed by atoms with E-state index in [1.165, 1.54) is 11.1 Å². The van der Waals surface area contributed by atoms with E-state index < -0.39 is 30.6 Å². The second kappa shape index (κ2) is 11.7. The van der Waals surface area contributed by atoms with Crippen molar-refractivity contribution < 1.29 is 15.1 Å². The molecule has 0 atom stereocenters. The number of rotatable bonds is 10. The summed E-state index contributed by atoms with van der Waals surface area (Å²) in [6, 6.07) is 23.6. The van der Waals surface area contributed by atoms with Crippen LogP contribution in [0.4, 0.5) is 0 Å². The topological polar surface area (TPSA) is 52.6 Å². The summed E-state index contributed by atoms with van der Waals surface area (Å²) in [6.45, 7) is 19.5. The molecule has 0 aromatic heterocycles. The predicted octanol–water partition coefficient (Wildman–Crippen LogP) is 9.16. The van der Waals surface area contributed by atoms with Gasteiger partial charge in [-0.1, -0.05) is 0 Å². The van der Waals surface area contributed by atoms with E-state index in [-0.39, 0.29) is 22.0 Å². The minimum absolute atomic E-state index is 0.0379. The van der Waals surface area contributed by atoms with Gasteiger partial charge in [0.15, 0.2) is 0 Å². The number of hydrogen-bond donors (Lipinski definition) is 0. The van der Waals surface area contributed by atoms with Gasteiger partial charge in [-0.05, 0) is 0 Å². The fourth-order valence-electron chi connectivity index (χ4n) is 3.86. The average Bonchev–Trinajstić information content (AvgIpc) is 2.87. The maximum absolute atomic E-state index is 13.2. The molecule has 208 valence electrons. The number of hydrogen-bond acceptors (Lipinski definition) is 4. The summed E-state index contributed by atoms with van der Waals surface area (Å²) in [5, 5.41) is 0. The molecule has 0 saturated heterocycles. The van der Waals surface area contributed by atoms with Gasteiger partial charge in [0.1, 0.15) is 0 Å². The zero-order valence-electron chi connectivity index (χ0n) is 24.3. The van der Waals surface area contributed by atoms with Gasteiger partial charge in [0, 0.05) is 0 Å². The Hall–Kier alpha value is -1.90. The quantitative estimate of drug-likeness (QED) is 0.206. The van der Waals surface area contributed by atoms with Gasteiger partial charge in [-0.2, -0.15) is 0 Å². The third kappa shape index (κ3) is 7.60. The minimum atomic E-state index is -4.30. The molecule has 0 aliphatic heterocycles. The van der Waals surface area contributed by atoms with Crippen LogP contribution in [-0.4, -0.2) is 8.42 Å². The summed E-state index contributed by atoms with van der Waals surface area (Å²) >= 11 is -2.86. The summed E-state index contributed by atoms with van der Waals surface area (Å²) in [7, 11) is -4.30. The molecule has 0 aliphatic carbocycles. The van der Waals surface area contributed by atoms with E-state index >= 15 is 0 Å². The molecule has 6 heteroatoms. The molecule has 3 aromatic carbocycles. The standard InChI is InChI=1S/C32H43IO4S/c1-10-31(6,7)25-12-18-27(19-13-25)33(28-20-14-26(15-21-28)32(8,9)11-2)37-38(34,35)36-29-22-16-24(17-23-29)30(3,4)5/h12-23H,10-11H2,1-9H3. The molecule has 4 nitrogen and oxygen atoms in total. The average molecular weight is 651 g/mol. The van der Waals surface area contributed by atoms with Gasteiger partial charge in [0.05, 0.1) is 0 Å². The van der Waals surface area contributed by atoms with Crippen LogP contribution < -0.4 is 4.18 Å². The molecule has 0 fully saturated rings. The Kier molecular flexibility index (Phi) is 9.42. The summed E-state index contributed by atoms with van der Waals surface area (Å²) < 4.78 is 39.5. The first-order valence-electron chi connectivity index (χ1n) is 13.2. The van der Waals surface area contributed by atoms with Crippen molar-refractivity contribution in [3.63, 3.8) is 0 Å². The van der Waals surface area contributed by atoms with Crippen LogP contribution in [0.25, 0.3) is 0 Å². The Bertz CT molecular complexity index is 1240. The molecule has 0 saturated carbocycles. The Morgan fingerprint density at radius 2 is 0.974 bits per heavy atom. The van der Waals surface area contributed by atoms with Gasteiger partial charge in [-0.3, -0.25) is 0 Å². The van der Waals surface area contributed by atoms with Crippen LogP contribution in [0.5, 0.6) is 5.75 Å². The molecule has 38 heavy (non-hydrogen) atoms.